The maximum Gasteiger partial charge on any atom is 0.451 e. The van der Waals surface area contributed by atoms with Crippen molar-refractivity contribution in [2.45, 2.75) is 52.3 Å². The smallest absolute Gasteiger partial charge is 0.444 e. The van der Waals surface area contributed by atoms with Gasteiger partial charge in [0.05, 0.1) is 11.3 Å². The highest BCUT2D eigenvalue weighted by Crippen LogP contribution is 2.28. The molecule has 1 amide bonds. The molecule has 1 aliphatic rings. The maximum absolute atomic E-state index is 12.7. The zero-order valence-corrected chi connectivity index (χ0v) is 15.8. The van der Waals surface area contributed by atoms with E-state index in [0.29, 0.717) is 25.9 Å². The molecule has 6 nitrogen and oxygen atoms in total. The Kier molecular flexibility index (Phi) is 5.88. The summed E-state index contributed by atoms with van der Waals surface area (Å²) in [6.45, 7) is 7.85. The average molecular weight is 384 g/mol. The van der Waals surface area contributed by atoms with Crippen molar-refractivity contribution < 1.29 is 22.7 Å². The third-order valence-corrected chi connectivity index (χ3v) is 3.92. The van der Waals surface area contributed by atoms with Gasteiger partial charge in [0.2, 0.25) is 5.82 Å². The van der Waals surface area contributed by atoms with Crippen LogP contribution in [0.2, 0.25) is 0 Å². The molecule has 2 rings (SSSR count). The average Bonchev–Trinajstić information content (AvgIpc) is 2.52. The molecule has 0 bridgehead atoms. The van der Waals surface area contributed by atoms with Gasteiger partial charge in [-0.15, -0.1) is 0 Å². The molecular weight excluding hydrogens is 361 g/mol. The molecule has 0 radical (unpaired) electrons. The molecule has 0 atom stereocenters. The van der Waals surface area contributed by atoms with Crippen molar-refractivity contribution in [1.29, 1.82) is 0 Å². The lowest BCUT2D eigenvalue weighted by molar-refractivity contribution is -0.145. The molecule has 1 fully saturated rings. The first-order chi connectivity index (χ1) is 12.4. The maximum atomic E-state index is 12.7. The minimum atomic E-state index is -4.65. The summed E-state index contributed by atoms with van der Waals surface area (Å²) in [7, 11) is 0. The van der Waals surface area contributed by atoms with Crippen molar-refractivity contribution in [3.8, 4) is 11.8 Å². The summed E-state index contributed by atoms with van der Waals surface area (Å²) in [4.78, 5) is 20.4. The summed E-state index contributed by atoms with van der Waals surface area (Å²) in [5.74, 6) is 4.28. The summed E-state index contributed by atoms with van der Waals surface area (Å²) >= 11 is 0. The number of hydrogen-bond donors (Lipinski definition) is 1. The number of aryl methyl sites for hydroxylation is 1. The van der Waals surface area contributed by atoms with Crippen LogP contribution in [0.1, 0.15) is 50.7 Å². The first kappa shape index (κ1) is 20.8. The van der Waals surface area contributed by atoms with Gasteiger partial charge >= 0.3 is 12.3 Å². The van der Waals surface area contributed by atoms with Crippen molar-refractivity contribution in [1.82, 2.24) is 14.9 Å². The monoisotopic (exact) mass is 384 g/mol. The SMILES string of the molecule is Cc1nc(C(F)(F)F)nc(N)c1C#CC1CCN(C(=O)OC(C)(C)C)CC1. The number of likely N-dealkylation sites (tertiary alicyclic amines) is 1. The molecule has 0 saturated carbocycles. The first-order valence-corrected chi connectivity index (χ1v) is 8.57. The number of carbonyl (C=O) groups is 1. The van der Waals surface area contributed by atoms with E-state index in [0.717, 1.165) is 0 Å². The molecule has 0 aromatic carbocycles. The Bertz CT molecular complexity index is 745. The predicted molar refractivity (Wildman–Crippen MR) is 93.6 cm³/mol. The Labute approximate surface area is 156 Å². The van der Waals surface area contributed by atoms with Gasteiger partial charge in [-0.1, -0.05) is 11.8 Å². The number of halogens is 3. The number of rotatable bonds is 0. The van der Waals surface area contributed by atoms with E-state index >= 15 is 0 Å². The van der Waals surface area contributed by atoms with Crippen LogP contribution >= 0.6 is 0 Å². The van der Waals surface area contributed by atoms with Crippen LogP contribution in [0.5, 0.6) is 0 Å². The van der Waals surface area contributed by atoms with Gasteiger partial charge in [-0.25, -0.2) is 14.8 Å². The van der Waals surface area contributed by atoms with Gasteiger partial charge in [0.15, 0.2) is 0 Å². The standard InChI is InChI=1S/C18H23F3N4O2/c1-11-13(14(22)24-15(23-11)18(19,20)21)6-5-12-7-9-25(10-8-12)16(26)27-17(2,3)4/h12H,7-10H2,1-4H3,(H2,22,23,24). The number of carbonyl (C=O) groups excluding carboxylic acids is 1. The van der Waals surface area contributed by atoms with Crippen LogP contribution in [0.4, 0.5) is 23.8 Å². The number of nitrogens with two attached hydrogens (primary N) is 1. The largest absolute Gasteiger partial charge is 0.451 e. The molecular formula is C18H23F3N4O2. The Morgan fingerprint density at radius 2 is 1.81 bits per heavy atom. The van der Waals surface area contributed by atoms with Crippen LogP contribution < -0.4 is 5.73 Å². The fraction of sp³-hybridized carbons (Fsp3) is 0.611. The highest BCUT2D eigenvalue weighted by molar-refractivity contribution is 5.68. The van der Waals surface area contributed by atoms with Crippen molar-refractivity contribution >= 4 is 11.9 Å². The second kappa shape index (κ2) is 7.62. The topological polar surface area (TPSA) is 81.3 Å². The van der Waals surface area contributed by atoms with Crippen molar-refractivity contribution in [2.75, 3.05) is 18.8 Å². The molecule has 0 spiro atoms. The van der Waals surface area contributed by atoms with Gasteiger partial charge in [0.1, 0.15) is 11.4 Å². The fourth-order valence-electron chi connectivity index (χ4n) is 2.58. The van der Waals surface area contributed by atoms with Crippen LogP contribution in [0, 0.1) is 24.7 Å². The second-order valence-corrected chi connectivity index (χ2v) is 7.40. The molecule has 148 valence electrons. The lowest BCUT2D eigenvalue weighted by Gasteiger charge is -2.31. The van der Waals surface area contributed by atoms with E-state index in [1.54, 1.807) is 4.90 Å². The third-order valence-electron chi connectivity index (χ3n) is 3.92. The van der Waals surface area contributed by atoms with E-state index in [2.05, 4.69) is 21.8 Å². The molecule has 27 heavy (non-hydrogen) atoms. The van der Waals surface area contributed by atoms with Gasteiger partial charge in [-0.05, 0) is 40.5 Å². The lowest BCUT2D eigenvalue weighted by Crippen LogP contribution is -2.41. The Hall–Kier alpha value is -2.50. The van der Waals surface area contributed by atoms with Crippen molar-refractivity contribution in [2.24, 2.45) is 5.92 Å². The molecule has 0 unspecified atom stereocenters. The molecule has 2 heterocycles. The van der Waals surface area contributed by atoms with Gasteiger partial charge < -0.3 is 15.4 Å². The highest BCUT2D eigenvalue weighted by Gasteiger charge is 2.35. The van der Waals surface area contributed by atoms with E-state index in [1.165, 1.54) is 6.92 Å². The molecule has 1 saturated heterocycles. The zero-order valence-electron chi connectivity index (χ0n) is 15.8. The summed E-state index contributed by atoms with van der Waals surface area (Å²) in [5, 5.41) is 0. The molecule has 0 aliphatic carbocycles. The summed E-state index contributed by atoms with van der Waals surface area (Å²) in [6.07, 6.45) is -3.72. The number of nitrogen functional groups attached to an aromatic ring is 1. The van der Waals surface area contributed by atoms with Gasteiger partial charge in [-0.2, -0.15) is 13.2 Å². The van der Waals surface area contributed by atoms with Gasteiger partial charge in [0.25, 0.3) is 0 Å². The number of hydrogen-bond acceptors (Lipinski definition) is 5. The Balaban J connectivity index is 2.03. The molecule has 1 aromatic heterocycles. The molecule has 1 aromatic rings. The van der Waals surface area contributed by atoms with E-state index < -0.39 is 17.6 Å². The predicted octanol–water partition coefficient (Wildman–Crippen LogP) is 3.38. The van der Waals surface area contributed by atoms with Crippen LogP contribution in [-0.2, 0) is 10.9 Å². The van der Waals surface area contributed by atoms with Crippen LogP contribution in [0.25, 0.3) is 0 Å². The fourth-order valence-corrected chi connectivity index (χ4v) is 2.58. The Morgan fingerprint density at radius 1 is 1.22 bits per heavy atom. The number of aromatic nitrogens is 2. The molecule has 2 N–H and O–H groups in total. The minimum absolute atomic E-state index is 0.00443. The molecule has 9 heteroatoms. The van der Waals surface area contributed by atoms with Crippen LogP contribution in [0.15, 0.2) is 0 Å². The number of piperidine rings is 1. The number of anilines is 1. The Morgan fingerprint density at radius 3 is 2.30 bits per heavy atom. The number of nitrogens with zero attached hydrogens (tertiary/aromatic N) is 3. The molecule has 1 aliphatic heterocycles. The normalized spacial score (nSPS) is 15.9. The number of amides is 1. The second-order valence-electron chi connectivity index (χ2n) is 7.40. The van der Waals surface area contributed by atoms with E-state index in [1.807, 2.05) is 20.8 Å². The highest BCUT2D eigenvalue weighted by atomic mass is 19.4. The summed E-state index contributed by atoms with van der Waals surface area (Å²) in [6, 6.07) is 0. The summed E-state index contributed by atoms with van der Waals surface area (Å²) < 4.78 is 43.4. The third kappa shape index (κ3) is 5.74. The van der Waals surface area contributed by atoms with E-state index in [-0.39, 0.29) is 29.1 Å². The van der Waals surface area contributed by atoms with Crippen LogP contribution in [0.3, 0.4) is 0 Å². The van der Waals surface area contributed by atoms with E-state index in [4.69, 9.17) is 10.5 Å². The number of ether oxygens (including phenoxy) is 1. The zero-order chi connectivity index (χ0) is 20.4. The van der Waals surface area contributed by atoms with Crippen molar-refractivity contribution in [3.05, 3.63) is 17.1 Å². The van der Waals surface area contributed by atoms with Crippen molar-refractivity contribution in [3.63, 3.8) is 0 Å². The summed E-state index contributed by atoms with van der Waals surface area (Å²) in [5.41, 5.74) is 5.38. The van der Waals surface area contributed by atoms with E-state index in [9.17, 15) is 18.0 Å². The van der Waals surface area contributed by atoms with Gasteiger partial charge in [-0.3, -0.25) is 0 Å². The lowest BCUT2D eigenvalue weighted by atomic mass is 9.97. The first-order valence-electron chi connectivity index (χ1n) is 8.57. The minimum Gasteiger partial charge on any atom is -0.444 e. The van der Waals surface area contributed by atoms with Crippen LogP contribution in [-0.4, -0.2) is 39.7 Å². The quantitative estimate of drug-likeness (QED) is 0.694. The number of alkyl halides is 3. The van der Waals surface area contributed by atoms with Gasteiger partial charge in [0, 0.05) is 19.0 Å².